The number of hydrogen-bond acceptors (Lipinski definition) is 6. The Labute approximate surface area is 179 Å². The Balaban J connectivity index is 2.06. The lowest BCUT2D eigenvalue weighted by Crippen LogP contribution is -2.36. The number of nitriles is 1. The largest absolute Gasteiger partial charge is 0.492 e. The highest BCUT2D eigenvalue weighted by Crippen LogP contribution is 2.23. The SMILES string of the molecule is CC(C)Cn1c(=O)c(C(=O)NC2CC2)c(O)n2ncc(C=CC(=O)N(C)CCC#N)c12. The summed E-state index contributed by atoms with van der Waals surface area (Å²) in [5, 5.41) is 26.2. The third-order valence-electron chi connectivity index (χ3n) is 4.94. The number of hydrogen-bond donors (Lipinski definition) is 2. The van der Waals surface area contributed by atoms with Crippen molar-refractivity contribution in [1.82, 2.24) is 24.4 Å². The first-order valence-electron chi connectivity index (χ1n) is 10.2. The molecule has 10 nitrogen and oxygen atoms in total. The zero-order valence-electron chi connectivity index (χ0n) is 17.8. The Morgan fingerprint density at radius 1 is 1.45 bits per heavy atom. The summed E-state index contributed by atoms with van der Waals surface area (Å²) in [7, 11) is 1.59. The van der Waals surface area contributed by atoms with Crippen LogP contribution in [-0.4, -0.2) is 55.6 Å². The summed E-state index contributed by atoms with van der Waals surface area (Å²) < 4.78 is 2.55. The van der Waals surface area contributed by atoms with E-state index in [0.29, 0.717) is 24.3 Å². The minimum Gasteiger partial charge on any atom is -0.492 e. The lowest BCUT2D eigenvalue weighted by Gasteiger charge is -2.15. The number of aromatic hydroxyl groups is 1. The number of aromatic nitrogens is 3. The number of rotatable bonds is 8. The Morgan fingerprint density at radius 2 is 2.16 bits per heavy atom. The normalized spacial score (nSPS) is 13.6. The zero-order chi connectivity index (χ0) is 22.7. The quantitative estimate of drug-likeness (QED) is 0.608. The van der Waals surface area contributed by atoms with E-state index in [4.69, 9.17) is 5.26 Å². The first kappa shape index (κ1) is 22.1. The molecule has 2 amide bonds. The maximum Gasteiger partial charge on any atom is 0.270 e. The molecule has 1 aliphatic carbocycles. The Morgan fingerprint density at radius 3 is 2.77 bits per heavy atom. The monoisotopic (exact) mass is 426 g/mol. The predicted molar refractivity (Wildman–Crippen MR) is 113 cm³/mol. The molecule has 0 aromatic carbocycles. The van der Waals surface area contributed by atoms with Crippen LogP contribution in [0.3, 0.4) is 0 Å². The van der Waals surface area contributed by atoms with Crippen molar-refractivity contribution in [2.75, 3.05) is 13.6 Å². The van der Waals surface area contributed by atoms with E-state index in [1.54, 1.807) is 7.05 Å². The average molecular weight is 426 g/mol. The molecule has 1 saturated carbocycles. The number of nitrogens with one attached hydrogen (secondary N) is 1. The Bertz CT molecular complexity index is 1130. The fourth-order valence-electron chi connectivity index (χ4n) is 3.16. The molecule has 0 spiro atoms. The molecule has 1 aliphatic rings. The molecule has 164 valence electrons. The molecular weight excluding hydrogens is 400 g/mol. The topological polar surface area (TPSA) is 133 Å². The van der Waals surface area contributed by atoms with Crippen LogP contribution in [0.15, 0.2) is 17.1 Å². The molecule has 0 radical (unpaired) electrons. The van der Waals surface area contributed by atoms with Crippen LogP contribution in [-0.2, 0) is 11.3 Å². The Hall–Kier alpha value is -3.61. The molecule has 0 bridgehead atoms. The molecular formula is C21H26N6O4. The summed E-state index contributed by atoms with van der Waals surface area (Å²) in [6.07, 6.45) is 6.18. The molecule has 0 aliphatic heterocycles. The van der Waals surface area contributed by atoms with Crippen LogP contribution in [0, 0.1) is 17.2 Å². The van der Waals surface area contributed by atoms with Gasteiger partial charge in [0.15, 0.2) is 5.56 Å². The lowest BCUT2D eigenvalue weighted by molar-refractivity contribution is -0.124. The first-order valence-corrected chi connectivity index (χ1v) is 10.2. The van der Waals surface area contributed by atoms with Crippen LogP contribution in [0.2, 0.25) is 0 Å². The van der Waals surface area contributed by atoms with E-state index in [1.165, 1.54) is 27.8 Å². The van der Waals surface area contributed by atoms with Gasteiger partial charge in [-0.1, -0.05) is 13.8 Å². The second kappa shape index (κ2) is 9.04. The van der Waals surface area contributed by atoms with Crippen molar-refractivity contribution in [3.05, 3.63) is 33.8 Å². The molecule has 3 rings (SSSR count). The van der Waals surface area contributed by atoms with Gasteiger partial charge in [-0.2, -0.15) is 14.9 Å². The number of amides is 2. The van der Waals surface area contributed by atoms with Gasteiger partial charge in [0.1, 0.15) is 5.65 Å². The lowest BCUT2D eigenvalue weighted by atomic mass is 10.2. The maximum absolute atomic E-state index is 13.2. The molecule has 31 heavy (non-hydrogen) atoms. The van der Waals surface area contributed by atoms with Gasteiger partial charge in [-0.15, -0.1) is 0 Å². The minimum absolute atomic E-state index is 0.0284. The number of carbonyl (C=O) groups is 2. The van der Waals surface area contributed by atoms with E-state index in [2.05, 4.69) is 10.4 Å². The number of nitrogens with zero attached hydrogens (tertiary/aromatic N) is 5. The van der Waals surface area contributed by atoms with Crippen molar-refractivity contribution in [2.45, 2.75) is 45.7 Å². The first-order chi connectivity index (χ1) is 14.7. The highest BCUT2D eigenvalue weighted by atomic mass is 16.3. The van der Waals surface area contributed by atoms with Gasteiger partial charge in [-0.3, -0.25) is 19.0 Å². The van der Waals surface area contributed by atoms with Gasteiger partial charge in [-0.25, -0.2) is 0 Å². The second-order valence-corrected chi connectivity index (χ2v) is 8.09. The maximum atomic E-state index is 13.2. The van der Waals surface area contributed by atoms with E-state index < -0.39 is 17.3 Å². The molecule has 0 atom stereocenters. The standard InChI is InChI=1S/C21H26N6O4/c1-13(2)12-26-19-14(5-8-16(28)25(3)10-4-9-22)11-23-27(19)21(31)17(20(26)30)18(29)24-15-6-7-15/h5,8,11,13,15,31H,4,6-7,10,12H2,1-3H3,(H,24,29). The summed E-state index contributed by atoms with van der Waals surface area (Å²) in [5.41, 5.74) is -0.206. The average Bonchev–Trinajstić information content (AvgIpc) is 3.42. The fourth-order valence-corrected chi connectivity index (χ4v) is 3.16. The molecule has 0 unspecified atom stereocenters. The van der Waals surface area contributed by atoms with E-state index in [0.717, 1.165) is 17.4 Å². The highest BCUT2D eigenvalue weighted by molar-refractivity contribution is 5.97. The van der Waals surface area contributed by atoms with Gasteiger partial charge in [0.25, 0.3) is 11.5 Å². The van der Waals surface area contributed by atoms with Gasteiger partial charge in [0.2, 0.25) is 11.8 Å². The van der Waals surface area contributed by atoms with E-state index >= 15 is 0 Å². The van der Waals surface area contributed by atoms with Gasteiger partial charge in [-0.05, 0) is 24.8 Å². The Kier molecular flexibility index (Phi) is 6.44. The van der Waals surface area contributed by atoms with Crippen LogP contribution in [0.1, 0.15) is 49.0 Å². The zero-order valence-corrected chi connectivity index (χ0v) is 17.8. The summed E-state index contributed by atoms with van der Waals surface area (Å²) in [6, 6.07) is 2.01. The van der Waals surface area contributed by atoms with Crippen molar-refractivity contribution in [2.24, 2.45) is 5.92 Å². The predicted octanol–water partition coefficient (Wildman–Crippen LogP) is 1.14. The van der Waals surface area contributed by atoms with E-state index in [-0.39, 0.29) is 29.9 Å². The molecule has 2 aromatic rings. The van der Waals surface area contributed by atoms with E-state index in [1.807, 2.05) is 19.9 Å². The van der Waals surface area contributed by atoms with Crippen molar-refractivity contribution in [3.8, 4) is 11.9 Å². The van der Waals surface area contributed by atoms with Crippen molar-refractivity contribution in [1.29, 1.82) is 5.26 Å². The van der Waals surface area contributed by atoms with Gasteiger partial charge < -0.3 is 15.3 Å². The van der Waals surface area contributed by atoms with Crippen LogP contribution < -0.4 is 10.9 Å². The number of likely N-dealkylation sites (N-methyl/N-ethyl adjacent to an activating group) is 1. The minimum atomic E-state index is -0.619. The molecule has 1 fully saturated rings. The van der Waals surface area contributed by atoms with Crippen LogP contribution in [0.4, 0.5) is 0 Å². The van der Waals surface area contributed by atoms with Gasteiger partial charge in [0.05, 0.1) is 18.7 Å². The van der Waals surface area contributed by atoms with Crippen molar-refractivity contribution in [3.63, 3.8) is 0 Å². The second-order valence-electron chi connectivity index (χ2n) is 8.09. The summed E-state index contributed by atoms with van der Waals surface area (Å²) in [5.74, 6) is -1.38. The molecule has 10 heteroatoms. The number of carbonyl (C=O) groups excluding carboxylic acids is 2. The highest BCUT2D eigenvalue weighted by Gasteiger charge is 2.29. The van der Waals surface area contributed by atoms with Gasteiger partial charge >= 0.3 is 0 Å². The van der Waals surface area contributed by atoms with Crippen LogP contribution in [0.25, 0.3) is 11.7 Å². The molecule has 2 heterocycles. The number of fused-ring (bicyclic) bond motifs is 1. The molecule has 0 saturated heterocycles. The third-order valence-corrected chi connectivity index (χ3v) is 4.94. The fraction of sp³-hybridized carbons (Fsp3) is 0.476. The van der Waals surface area contributed by atoms with Crippen LogP contribution in [0.5, 0.6) is 5.88 Å². The summed E-state index contributed by atoms with van der Waals surface area (Å²) >= 11 is 0. The molecule has 2 N–H and O–H groups in total. The van der Waals surface area contributed by atoms with Crippen molar-refractivity contribution >= 4 is 23.5 Å². The molecule has 2 aromatic heterocycles. The van der Waals surface area contributed by atoms with Crippen LogP contribution >= 0.6 is 0 Å². The summed E-state index contributed by atoms with van der Waals surface area (Å²) in [6.45, 7) is 4.46. The summed E-state index contributed by atoms with van der Waals surface area (Å²) in [4.78, 5) is 39.4. The van der Waals surface area contributed by atoms with Crippen molar-refractivity contribution < 1.29 is 14.7 Å². The smallest absolute Gasteiger partial charge is 0.270 e. The third kappa shape index (κ3) is 4.77. The van der Waals surface area contributed by atoms with E-state index in [9.17, 15) is 19.5 Å². The van der Waals surface area contributed by atoms with Gasteiger partial charge in [0, 0.05) is 37.8 Å².